The van der Waals surface area contributed by atoms with Crippen LogP contribution in [0, 0.1) is 5.82 Å². The summed E-state index contributed by atoms with van der Waals surface area (Å²) in [7, 11) is 1.56. The fourth-order valence-electron chi connectivity index (χ4n) is 2.99. The van der Waals surface area contributed by atoms with Gasteiger partial charge in [0.15, 0.2) is 0 Å². The van der Waals surface area contributed by atoms with Crippen molar-refractivity contribution in [2.75, 3.05) is 26.7 Å². The number of rotatable bonds is 3. The van der Waals surface area contributed by atoms with Crippen molar-refractivity contribution in [1.29, 1.82) is 0 Å². The molecule has 20 heavy (non-hydrogen) atoms. The number of aliphatic imine (C=N–C) groups is 1. The van der Waals surface area contributed by atoms with E-state index in [0.717, 1.165) is 38.0 Å². The fraction of sp³-hybridized carbons (Fsp3) is 0.438. The minimum Gasteiger partial charge on any atom is -0.497 e. The van der Waals surface area contributed by atoms with E-state index in [-0.39, 0.29) is 5.82 Å². The first-order valence-corrected chi connectivity index (χ1v) is 7.05. The van der Waals surface area contributed by atoms with E-state index in [0.29, 0.717) is 11.7 Å². The van der Waals surface area contributed by atoms with E-state index in [9.17, 15) is 4.39 Å². The Morgan fingerprint density at radius 3 is 2.70 bits per heavy atom. The zero-order chi connectivity index (χ0) is 13.9. The molecule has 0 atom stereocenters. The third-order valence-corrected chi connectivity index (χ3v) is 4.17. The third-order valence-electron chi connectivity index (χ3n) is 4.17. The van der Waals surface area contributed by atoms with E-state index < -0.39 is 0 Å². The number of hydrogen-bond acceptors (Lipinski definition) is 3. The van der Waals surface area contributed by atoms with Crippen LogP contribution >= 0.6 is 0 Å². The van der Waals surface area contributed by atoms with E-state index in [1.165, 1.54) is 11.8 Å². The van der Waals surface area contributed by atoms with E-state index in [2.05, 4.69) is 16.0 Å². The molecular formula is C16H19FN2O. The van der Waals surface area contributed by atoms with Crippen molar-refractivity contribution >= 4 is 6.21 Å². The van der Waals surface area contributed by atoms with Crippen molar-refractivity contribution < 1.29 is 9.13 Å². The lowest BCUT2D eigenvalue weighted by Gasteiger charge is -2.34. The fourth-order valence-corrected chi connectivity index (χ4v) is 2.99. The van der Waals surface area contributed by atoms with Crippen LogP contribution in [0.2, 0.25) is 0 Å². The van der Waals surface area contributed by atoms with Gasteiger partial charge < -0.3 is 9.64 Å². The van der Waals surface area contributed by atoms with Crippen molar-refractivity contribution in [2.24, 2.45) is 4.99 Å². The Labute approximate surface area is 118 Å². The van der Waals surface area contributed by atoms with Crippen molar-refractivity contribution in [3.05, 3.63) is 41.4 Å². The van der Waals surface area contributed by atoms with Gasteiger partial charge in [-0.15, -0.1) is 0 Å². The Balaban J connectivity index is 1.66. The highest BCUT2D eigenvalue weighted by Crippen LogP contribution is 2.32. The maximum atomic E-state index is 14.1. The standard InChI is InChI=1S/C16H19FN2O/c1-20-14-2-3-15(16(17)10-14)12-5-8-19(9-6-12)13-4-7-18-11-13/h2-4,7,10,12H,5-6,8-9,11H2,1H3. The Hall–Kier alpha value is -1.84. The van der Waals surface area contributed by atoms with Crippen LogP contribution < -0.4 is 4.74 Å². The molecular weight excluding hydrogens is 255 g/mol. The minimum atomic E-state index is -0.147. The first-order chi connectivity index (χ1) is 9.78. The Morgan fingerprint density at radius 2 is 2.10 bits per heavy atom. The average Bonchev–Trinajstić information content (AvgIpc) is 3.01. The molecule has 2 aliphatic heterocycles. The van der Waals surface area contributed by atoms with Gasteiger partial charge in [0.05, 0.1) is 13.7 Å². The number of piperidine rings is 1. The summed E-state index contributed by atoms with van der Waals surface area (Å²) in [6.07, 6.45) is 5.92. The summed E-state index contributed by atoms with van der Waals surface area (Å²) in [5.74, 6) is 0.739. The first kappa shape index (κ1) is 13.2. The van der Waals surface area contributed by atoms with Gasteiger partial charge in [0.2, 0.25) is 0 Å². The lowest BCUT2D eigenvalue weighted by Crippen LogP contribution is -2.33. The van der Waals surface area contributed by atoms with Crippen LogP contribution in [-0.2, 0) is 0 Å². The molecule has 0 spiro atoms. The molecule has 0 N–H and O–H groups in total. The number of allylic oxidation sites excluding steroid dienone is 1. The lowest BCUT2D eigenvalue weighted by molar-refractivity contribution is 0.259. The number of nitrogens with zero attached hydrogens (tertiary/aromatic N) is 2. The molecule has 0 radical (unpaired) electrons. The Morgan fingerprint density at radius 1 is 1.30 bits per heavy atom. The zero-order valence-corrected chi connectivity index (χ0v) is 11.7. The molecule has 2 heterocycles. The maximum Gasteiger partial charge on any atom is 0.130 e. The van der Waals surface area contributed by atoms with E-state index in [1.54, 1.807) is 7.11 Å². The molecule has 1 aromatic carbocycles. The summed E-state index contributed by atoms with van der Waals surface area (Å²) < 4.78 is 19.1. The molecule has 3 nitrogen and oxygen atoms in total. The van der Waals surface area contributed by atoms with Crippen LogP contribution in [-0.4, -0.2) is 37.9 Å². The largest absolute Gasteiger partial charge is 0.497 e. The van der Waals surface area contributed by atoms with Crippen molar-refractivity contribution in [1.82, 2.24) is 4.90 Å². The monoisotopic (exact) mass is 274 g/mol. The number of hydrogen-bond donors (Lipinski definition) is 0. The molecule has 2 aliphatic rings. The predicted octanol–water partition coefficient (Wildman–Crippen LogP) is 2.98. The maximum absolute atomic E-state index is 14.1. The highest BCUT2D eigenvalue weighted by Gasteiger charge is 2.24. The molecule has 0 aromatic heterocycles. The van der Waals surface area contributed by atoms with Gasteiger partial charge in [-0.1, -0.05) is 6.07 Å². The van der Waals surface area contributed by atoms with Gasteiger partial charge in [0.25, 0.3) is 0 Å². The van der Waals surface area contributed by atoms with Crippen LogP contribution in [0.15, 0.2) is 35.0 Å². The number of ether oxygens (including phenoxy) is 1. The quantitative estimate of drug-likeness (QED) is 0.846. The van der Waals surface area contributed by atoms with E-state index in [4.69, 9.17) is 4.74 Å². The zero-order valence-electron chi connectivity index (χ0n) is 11.7. The second-order valence-corrected chi connectivity index (χ2v) is 5.30. The average molecular weight is 274 g/mol. The summed E-state index contributed by atoms with van der Waals surface area (Å²) in [5.41, 5.74) is 2.11. The van der Waals surface area contributed by atoms with Gasteiger partial charge in [0.1, 0.15) is 11.6 Å². The Kier molecular flexibility index (Phi) is 3.72. The number of likely N-dealkylation sites (tertiary alicyclic amines) is 1. The summed E-state index contributed by atoms with van der Waals surface area (Å²) in [6, 6.07) is 5.19. The van der Waals surface area contributed by atoms with E-state index >= 15 is 0 Å². The summed E-state index contributed by atoms with van der Waals surface area (Å²) in [6.45, 7) is 2.75. The van der Waals surface area contributed by atoms with Crippen molar-refractivity contribution in [2.45, 2.75) is 18.8 Å². The molecule has 0 unspecified atom stereocenters. The smallest absolute Gasteiger partial charge is 0.130 e. The summed E-state index contributed by atoms with van der Waals surface area (Å²) in [4.78, 5) is 6.58. The normalized spacial score (nSPS) is 19.3. The van der Waals surface area contributed by atoms with Crippen molar-refractivity contribution in [3.63, 3.8) is 0 Å². The molecule has 1 fully saturated rings. The Bertz CT molecular complexity index is 545. The third kappa shape index (κ3) is 2.55. The molecule has 0 aliphatic carbocycles. The molecule has 0 bridgehead atoms. The van der Waals surface area contributed by atoms with Crippen LogP contribution in [0.5, 0.6) is 5.75 Å². The second-order valence-electron chi connectivity index (χ2n) is 5.30. The van der Waals surface area contributed by atoms with Crippen LogP contribution in [0.3, 0.4) is 0 Å². The number of methoxy groups -OCH3 is 1. The van der Waals surface area contributed by atoms with Gasteiger partial charge in [-0.05, 0) is 36.5 Å². The molecule has 3 rings (SSSR count). The van der Waals surface area contributed by atoms with Crippen LogP contribution in [0.1, 0.15) is 24.3 Å². The predicted molar refractivity (Wildman–Crippen MR) is 77.9 cm³/mol. The van der Waals surface area contributed by atoms with Gasteiger partial charge in [-0.3, -0.25) is 4.99 Å². The summed E-state index contributed by atoms with van der Waals surface area (Å²) >= 11 is 0. The highest BCUT2D eigenvalue weighted by atomic mass is 19.1. The lowest BCUT2D eigenvalue weighted by atomic mass is 9.89. The van der Waals surface area contributed by atoms with Gasteiger partial charge in [0, 0.05) is 31.1 Å². The second kappa shape index (κ2) is 5.65. The number of benzene rings is 1. The topological polar surface area (TPSA) is 24.8 Å². The van der Waals surface area contributed by atoms with Gasteiger partial charge >= 0.3 is 0 Å². The highest BCUT2D eigenvalue weighted by molar-refractivity contribution is 5.74. The first-order valence-electron chi connectivity index (χ1n) is 7.05. The van der Waals surface area contributed by atoms with Crippen LogP contribution in [0.25, 0.3) is 0 Å². The molecule has 4 heteroatoms. The molecule has 106 valence electrons. The number of halogens is 1. The van der Waals surface area contributed by atoms with E-state index in [1.807, 2.05) is 18.3 Å². The van der Waals surface area contributed by atoms with Crippen molar-refractivity contribution in [3.8, 4) is 5.75 Å². The SMILES string of the molecule is COc1ccc(C2CCN(C3=CC=NC3)CC2)c(F)c1. The van der Waals surface area contributed by atoms with Crippen LogP contribution in [0.4, 0.5) is 4.39 Å². The molecule has 1 saturated heterocycles. The molecule has 0 saturated carbocycles. The summed E-state index contributed by atoms with van der Waals surface area (Å²) in [5, 5.41) is 0. The molecule has 0 amide bonds. The molecule has 1 aromatic rings. The minimum absolute atomic E-state index is 0.147. The van der Waals surface area contributed by atoms with Gasteiger partial charge in [-0.2, -0.15) is 0 Å². The van der Waals surface area contributed by atoms with Gasteiger partial charge in [-0.25, -0.2) is 4.39 Å².